The fourth-order valence-electron chi connectivity index (χ4n) is 2.23. The van der Waals surface area contributed by atoms with E-state index in [4.69, 9.17) is 9.47 Å². The second kappa shape index (κ2) is 8.07. The number of hydrogen-bond donors (Lipinski definition) is 1. The largest absolute Gasteiger partial charge is 0.489 e. The van der Waals surface area contributed by atoms with Crippen LogP contribution in [0.25, 0.3) is 5.69 Å². The number of benzene rings is 2. The van der Waals surface area contributed by atoms with Gasteiger partial charge in [-0.3, -0.25) is 0 Å². The first-order chi connectivity index (χ1) is 11.9. The van der Waals surface area contributed by atoms with Crippen LogP contribution in [0.2, 0.25) is 0 Å². The van der Waals surface area contributed by atoms with E-state index in [2.05, 4.69) is 20.8 Å². The van der Waals surface area contributed by atoms with E-state index >= 15 is 0 Å². The second-order valence-corrected chi connectivity index (χ2v) is 5.03. The molecule has 0 fully saturated rings. The SMILES string of the molecule is COCCOc1ccccc1NCc1nnnn1-c1ccccc1. The number of nitrogens with one attached hydrogen (secondary N) is 1. The third kappa shape index (κ3) is 3.88. The van der Waals surface area contributed by atoms with Crippen molar-refractivity contribution >= 4 is 5.69 Å². The molecule has 3 rings (SSSR count). The molecule has 0 unspecified atom stereocenters. The van der Waals surface area contributed by atoms with Crippen LogP contribution in [0.3, 0.4) is 0 Å². The van der Waals surface area contributed by atoms with E-state index in [1.165, 1.54) is 0 Å². The molecular weight excluding hydrogens is 306 g/mol. The smallest absolute Gasteiger partial charge is 0.175 e. The van der Waals surface area contributed by atoms with Crippen LogP contribution >= 0.6 is 0 Å². The van der Waals surface area contributed by atoms with Gasteiger partial charge in [0.2, 0.25) is 0 Å². The Hall–Kier alpha value is -2.93. The maximum atomic E-state index is 5.72. The zero-order valence-electron chi connectivity index (χ0n) is 13.4. The van der Waals surface area contributed by atoms with Gasteiger partial charge in [-0.05, 0) is 34.7 Å². The number of rotatable bonds is 8. The summed E-state index contributed by atoms with van der Waals surface area (Å²) in [5.41, 5.74) is 1.81. The first-order valence-corrected chi connectivity index (χ1v) is 7.66. The molecule has 0 saturated heterocycles. The third-order valence-corrected chi connectivity index (χ3v) is 3.40. The summed E-state index contributed by atoms with van der Waals surface area (Å²) in [5, 5.41) is 15.2. The van der Waals surface area contributed by atoms with Gasteiger partial charge in [0.05, 0.1) is 24.5 Å². The van der Waals surface area contributed by atoms with Crippen molar-refractivity contribution in [3.63, 3.8) is 0 Å². The Kier molecular flexibility index (Phi) is 5.36. The molecule has 2 aromatic carbocycles. The number of para-hydroxylation sites is 3. The lowest BCUT2D eigenvalue weighted by atomic mass is 10.3. The van der Waals surface area contributed by atoms with Crippen LogP contribution in [0.5, 0.6) is 5.75 Å². The molecule has 7 nitrogen and oxygen atoms in total. The topological polar surface area (TPSA) is 74.1 Å². The van der Waals surface area contributed by atoms with Crippen molar-refractivity contribution in [3.8, 4) is 11.4 Å². The van der Waals surface area contributed by atoms with Crippen LogP contribution in [0.1, 0.15) is 5.82 Å². The first kappa shape index (κ1) is 15.9. The number of hydrogen-bond acceptors (Lipinski definition) is 6. The molecule has 1 N–H and O–H groups in total. The lowest BCUT2D eigenvalue weighted by Crippen LogP contribution is -2.10. The van der Waals surface area contributed by atoms with Gasteiger partial charge in [-0.2, -0.15) is 4.68 Å². The molecule has 0 aliphatic heterocycles. The average molecular weight is 325 g/mol. The van der Waals surface area contributed by atoms with Crippen LogP contribution in [0.15, 0.2) is 54.6 Å². The quantitative estimate of drug-likeness (QED) is 0.641. The van der Waals surface area contributed by atoms with Crippen LogP contribution < -0.4 is 10.1 Å². The van der Waals surface area contributed by atoms with E-state index < -0.39 is 0 Å². The van der Waals surface area contributed by atoms with E-state index in [-0.39, 0.29) is 0 Å². The molecule has 124 valence electrons. The van der Waals surface area contributed by atoms with Gasteiger partial charge in [0.25, 0.3) is 0 Å². The van der Waals surface area contributed by atoms with Crippen molar-refractivity contribution in [1.82, 2.24) is 20.2 Å². The molecule has 0 aliphatic rings. The Bertz CT molecular complexity index is 760. The van der Waals surface area contributed by atoms with E-state index in [0.717, 1.165) is 17.1 Å². The van der Waals surface area contributed by atoms with Gasteiger partial charge in [-0.15, -0.1) is 5.10 Å². The highest BCUT2D eigenvalue weighted by atomic mass is 16.5. The molecule has 0 spiro atoms. The molecule has 3 aromatic rings. The Morgan fingerprint density at radius 1 is 1.00 bits per heavy atom. The van der Waals surface area contributed by atoms with Gasteiger partial charge < -0.3 is 14.8 Å². The predicted molar refractivity (Wildman–Crippen MR) is 90.3 cm³/mol. The van der Waals surface area contributed by atoms with Crippen molar-refractivity contribution in [2.75, 3.05) is 25.6 Å². The molecule has 0 atom stereocenters. The van der Waals surface area contributed by atoms with E-state index in [1.807, 2.05) is 54.6 Å². The van der Waals surface area contributed by atoms with Crippen molar-refractivity contribution < 1.29 is 9.47 Å². The van der Waals surface area contributed by atoms with Gasteiger partial charge in [-0.25, -0.2) is 0 Å². The van der Waals surface area contributed by atoms with Crippen LogP contribution in [-0.4, -0.2) is 40.5 Å². The van der Waals surface area contributed by atoms with E-state index in [0.29, 0.717) is 25.6 Å². The molecule has 0 bridgehead atoms. The second-order valence-electron chi connectivity index (χ2n) is 5.03. The van der Waals surface area contributed by atoms with Gasteiger partial charge in [0.15, 0.2) is 5.82 Å². The Balaban J connectivity index is 1.70. The van der Waals surface area contributed by atoms with Crippen molar-refractivity contribution in [2.45, 2.75) is 6.54 Å². The van der Waals surface area contributed by atoms with E-state index in [1.54, 1.807) is 11.8 Å². The molecule has 1 aromatic heterocycles. The highest BCUT2D eigenvalue weighted by Crippen LogP contribution is 2.24. The number of aromatic nitrogens is 4. The molecular formula is C17H19N5O2. The Morgan fingerprint density at radius 3 is 2.62 bits per heavy atom. The molecule has 0 amide bonds. The summed E-state index contributed by atoms with van der Waals surface area (Å²) in [4.78, 5) is 0. The van der Waals surface area contributed by atoms with Gasteiger partial charge in [-0.1, -0.05) is 30.3 Å². The highest BCUT2D eigenvalue weighted by Gasteiger charge is 2.09. The molecule has 0 aliphatic carbocycles. The molecule has 1 heterocycles. The Labute approximate surface area is 140 Å². The number of methoxy groups -OCH3 is 1. The van der Waals surface area contributed by atoms with Crippen LogP contribution in [-0.2, 0) is 11.3 Å². The molecule has 7 heteroatoms. The minimum atomic E-state index is 0.479. The maximum Gasteiger partial charge on any atom is 0.175 e. The highest BCUT2D eigenvalue weighted by molar-refractivity contribution is 5.56. The fourth-order valence-corrected chi connectivity index (χ4v) is 2.23. The summed E-state index contributed by atoms with van der Waals surface area (Å²) >= 11 is 0. The minimum absolute atomic E-state index is 0.479. The Morgan fingerprint density at radius 2 is 1.79 bits per heavy atom. The molecule has 0 saturated carbocycles. The van der Waals surface area contributed by atoms with Gasteiger partial charge in [0, 0.05) is 7.11 Å². The summed E-state index contributed by atoms with van der Waals surface area (Å²) < 4.78 is 12.4. The first-order valence-electron chi connectivity index (χ1n) is 7.66. The van der Waals surface area contributed by atoms with Crippen molar-refractivity contribution in [2.24, 2.45) is 0 Å². The third-order valence-electron chi connectivity index (χ3n) is 3.40. The van der Waals surface area contributed by atoms with E-state index in [9.17, 15) is 0 Å². The zero-order chi connectivity index (χ0) is 16.6. The van der Waals surface area contributed by atoms with Crippen LogP contribution in [0, 0.1) is 0 Å². The molecule has 0 radical (unpaired) electrons. The monoisotopic (exact) mass is 325 g/mol. The normalized spacial score (nSPS) is 10.5. The fraction of sp³-hybridized carbons (Fsp3) is 0.235. The minimum Gasteiger partial charge on any atom is -0.489 e. The summed E-state index contributed by atoms with van der Waals surface area (Å²) in [5.74, 6) is 1.49. The number of nitrogens with zero attached hydrogens (tertiary/aromatic N) is 4. The predicted octanol–water partition coefficient (Wildman–Crippen LogP) is 2.30. The average Bonchev–Trinajstić information content (AvgIpc) is 3.10. The van der Waals surface area contributed by atoms with Crippen molar-refractivity contribution in [3.05, 3.63) is 60.4 Å². The summed E-state index contributed by atoms with van der Waals surface area (Å²) in [7, 11) is 1.65. The number of tetrazole rings is 1. The lowest BCUT2D eigenvalue weighted by Gasteiger charge is -2.13. The summed E-state index contributed by atoms with van der Waals surface area (Å²) in [6.07, 6.45) is 0. The van der Waals surface area contributed by atoms with Gasteiger partial charge in [0.1, 0.15) is 12.4 Å². The standard InChI is InChI=1S/C17H19N5O2/c1-23-11-12-24-16-10-6-5-9-15(16)18-13-17-19-20-21-22(17)14-7-3-2-4-8-14/h2-10,18H,11-13H2,1H3. The number of anilines is 1. The zero-order valence-corrected chi connectivity index (χ0v) is 13.4. The molecule has 24 heavy (non-hydrogen) atoms. The summed E-state index contributed by atoms with van der Waals surface area (Å²) in [6.45, 7) is 1.52. The number of ether oxygens (including phenoxy) is 2. The van der Waals surface area contributed by atoms with Crippen molar-refractivity contribution in [1.29, 1.82) is 0 Å². The van der Waals surface area contributed by atoms with Crippen LogP contribution in [0.4, 0.5) is 5.69 Å². The maximum absolute atomic E-state index is 5.72. The van der Waals surface area contributed by atoms with Gasteiger partial charge >= 0.3 is 0 Å². The summed E-state index contributed by atoms with van der Waals surface area (Å²) in [6, 6.07) is 17.5. The lowest BCUT2D eigenvalue weighted by molar-refractivity contribution is 0.146.